The summed E-state index contributed by atoms with van der Waals surface area (Å²) in [6.45, 7) is 0.0342. The van der Waals surface area contributed by atoms with Crippen molar-refractivity contribution in [3.05, 3.63) is 41.2 Å². The first-order chi connectivity index (χ1) is 9.85. The van der Waals surface area contributed by atoms with E-state index in [9.17, 15) is 13.2 Å². The highest BCUT2D eigenvalue weighted by atomic mass is 35.5. The van der Waals surface area contributed by atoms with E-state index >= 15 is 0 Å². The largest absolute Gasteiger partial charge is 0.573 e. The average Bonchev–Trinajstić information content (AvgIpc) is 2.40. The predicted molar refractivity (Wildman–Crippen MR) is 71.9 cm³/mol. The lowest BCUT2D eigenvalue weighted by molar-refractivity contribution is -0.274. The van der Waals surface area contributed by atoms with Gasteiger partial charge in [0.25, 0.3) is 0 Å². The van der Waals surface area contributed by atoms with Crippen LogP contribution < -0.4 is 15.8 Å². The van der Waals surface area contributed by atoms with E-state index < -0.39 is 6.36 Å². The molecule has 21 heavy (non-hydrogen) atoms. The van der Waals surface area contributed by atoms with Crippen molar-refractivity contribution in [2.24, 2.45) is 0 Å². The second-order valence-electron chi connectivity index (χ2n) is 3.95. The summed E-state index contributed by atoms with van der Waals surface area (Å²) in [6, 6.07) is 5.76. The maximum atomic E-state index is 12.3. The lowest BCUT2D eigenvalue weighted by atomic mass is 10.2. The van der Waals surface area contributed by atoms with Crippen LogP contribution in [0.2, 0.25) is 5.15 Å². The van der Waals surface area contributed by atoms with Crippen molar-refractivity contribution in [3.63, 3.8) is 0 Å². The molecule has 1 heterocycles. The van der Waals surface area contributed by atoms with Gasteiger partial charge in [0.2, 0.25) is 5.95 Å². The smallest absolute Gasteiger partial charge is 0.405 e. The van der Waals surface area contributed by atoms with Crippen molar-refractivity contribution in [2.45, 2.75) is 12.9 Å². The van der Waals surface area contributed by atoms with Gasteiger partial charge in [-0.3, -0.25) is 0 Å². The van der Waals surface area contributed by atoms with Gasteiger partial charge in [-0.2, -0.15) is 4.98 Å². The Morgan fingerprint density at radius 3 is 2.67 bits per heavy atom. The van der Waals surface area contributed by atoms with E-state index in [1.54, 1.807) is 6.07 Å². The number of nitrogens with zero attached hydrogens (tertiary/aromatic N) is 2. The van der Waals surface area contributed by atoms with Gasteiger partial charge < -0.3 is 15.8 Å². The lowest BCUT2D eigenvalue weighted by Crippen LogP contribution is -2.18. The summed E-state index contributed by atoms with van der Waals surface area (Å²) in [5.41, 5.74) is 5.97. The number of para-hydroxylation sites is 1. The minimum absolute atomic E-state index is 0.0342. The zero-order valence-corrected chi connectivity index (χ0v) is 11.2. The Morgan fingerprint density at radius 2 is 2.00 bits per heavy atom. The summed E-state index contributed by atoms with van der Waals surface area (Å²) in [6.07, 6.45) is -3.45. The summed E-state index contributed by atoms with van der Waals surface area (Å²) in [5, 5.41) is 2.81. The average molecular weight is 319 g/mol. The zero-order chi connectivity index (χ0) is 15.5. The standard InChI is InChI=1S/C12H10ClF3N4O/c13-10-8(17)6-19-11(20-10)18-5-7-3-1-2-4-9(7)21-12(14,15)16/h1-4,6H,5,17H2,(H,18,19,20). The Balaban J connectivity index is 2.11. The second kappa shape index (κ2) is 6.04. The third-order valence-corrected chi connectivity index (χ3v) is 2.71. The van der Waals surface area contributed by atoms with Crippen molar-refractivity contribution in [1.29, 1.82) is 0 Å². The van der Waals surface area contributed by atoms with Gasteiger partial charge in [-0.25, -0.2) is 4.98 Å². The Kier molecular flexibility index (Phi) is 4.37. The van der Waals surface area contributed by atoms with Crippen LogP contribution >= 0.6 is 11.6 Å². The topological polar surface area (TPSA) is 73.1 Å². The van der Waals surface area contributed by atoms with Gasteiger partial charge in [-0.05, 0) is 6.07 Å². The van der Waals surface area contributed by atoms with Crippen molar-refractivity contribution in [3.8, 4) is 5.75 Å². The summed E-state index contributed by atoms with van der Waals surface area (Å²) >= 11 is 5.72. The van der Waals surface area contributed by atoms with E-state index in [0.29, 0.717) is 5.56 Å². The van der Waals surface area contributed by atoms with Crippen molar-refractivity contribution >= 4 is 23.2 Å². The minimum Gasteiger partial charge on any atom is -0.405 e. The molecule has 9 heteroatoms. The molecule has 5 nitrogen and oxygen atoms in total. The number of anilines is 2. The molecule has 1 aromatic heterocycles. The highest BCUT2D eigenvalue weighted by Crippen LogP contribution is 2.26. The van der Waals surface area contributed by atoms with Gasteiger partial charge >= 0.3 is 6.36 Å². The maximum absolute atomic E-state index is 12.3. The monoisotopic (exact) mass is 318 g/mol. The van der Waals surface area contributed by atoms with Gasteiger partial charge in [0.05, 0.1) is 11.9 Å². The fourth-order valence-corrected chi connectivity index (χ4v) is 1.63. The number of halogens is 4. The molecule has 0 aliphatic heterocycles. The molecule has 0 amide bonds. The van der Waals surface area contributed by atoms with E-state index in [1.165, 1.54) is 24.4 Å². The second-order valence-corrected chi connectivity index (χ2v) is 4.31. The Morgan fingerprint density at radius 1 is 1.29 bits per heavy atom. The molecule has 112 valence electrons. The number of benzene rings is 1. The van der Waals surface area contributed by atoms with Gasteiger partial charge in [0, 0.05) is 12.1 Å². The molecule has 0 bridgehead atoms. The number of nitrogens with one attached hydrogen (secondary N) is 1. The highest BCUT2D eigenvalue weighted by Gasteiger charge is 2.31. The van der Waals surface area contributed by atoms with Crippen LogP contribution in [-0.4, -0.2) is 16.3 Å². The van der Waals surface area contributed by atoms with Crippen LogP contribution in [0.4, 0.5) is 24.8 Å². The quantitative estimate of drug-likeness (QED) is 0.847. The van der Waals surface area contributed by atoms with Crippen LogP contribution in [0.15, 0.2) is 30.5 Å². The number of alkyl halides is 3. The van der Waals surface area contributed by atoms with E-state index in [4.69, 9.17) is 17.3 Å². The van der Waals surface area contributed by atoms with Crippen LogP contribution in [-0.2, 0) is 6.54 Å². The molecule has 0 radical (unpaired) electrons. The summed E-state index contributed by atoms with van der Waals surface area (Å²) in [7, 11) is 0. The molecule has 0 fully saturated rings. The van der Waals surface area contributed by atoms with Crippen LogP contribution in [0.5, 0.6) is 5.75 Å². The third kappa shape index (κ3) is 4.38. The number of rotatable bonds is 4. The molecule has 0 aliphatic carbocycles. The molecule has 2 aromatic rings. The first-order valence-electron chi connectivity index (χ1n) is 5.71. The lowest BCUT2D eigenvalue weighted by Gasteiger charge is -2.13. The number of aromatic nitrogens is 2. The Labute approximate surface area is 122 Å². The van der Waals surface area contributed by atoms with Crippen LogP contribution in [0.1, 0.15) is 5.56 Å². The normalized spacial score (nSPS) is 11.2. The maximum Gasteiger partial charge on any atom is 0.573 e. The SMILES string of the molecule is Nc1cnc(NCc2ccccc2OC(F)(F)F)nc1Cl. The number of nitrogen functional groups attached to an aromatic ring is 1. The Bertz CT molecular complexity index is 636. The summed E-state index contributed by atoms with van der Waals surface area (Å²) in [5.74, 6) is -0.143. The molecule has 0 saturated heterocycles. The van der Waals surface area contributed by atoms with Gasteiger partial charge in [0.1, 0.15) is 5.75 Å². The van der Waals surface area contributed by atoms with Crippen molar-refractivity contribution < 1.29 is 17.9 Å². The Hall–Kier alpha value is -2.22. The fourth-order valence-electron chi connectivity index (χ4n) is 1.50. The molecule has 0 aliphatic rings. The summed E-state index contributed by atoms with van der Waals surface area (Å²) < 4.78 is 40.8. The van der Waals surface area contributed by atoms with Gasteiger partial charge in [-0.15, -0.1) is 13.2 Å². The van der Waals surface area contributed by atoms with Crippen molar-refractivity contribution in [1.82, 2.24) is 9.97 Å². The van der Waals surface area contributed by atoms with E-state index in [0.717, 1.165) is 0 Å². The van der Waals surface area contributed by atoms with Crippen LogP contribution in [0.3, 0.4) is 0 Å². The molecule has 3 N–H and O–H groups in total. The predicted octanol–water partition coefficient (Wildman–Crippen LogP) is 3.22. The number of ether oxygens (including phenoxy) is 1. The molecular weight excluding hydrogens is 309 g/mol. The van der Waals surface area contributed by atoms with E-state index in [2.05, 4.69) is 20.0 Å². The molecule has 0 spiro atoms. The van der Waals surface area contributed by atoms with Gasteiger partial charge in [-0.1, -0.05) is 29.8 Å². The molecule has 0 saturated carbocycles. The number of hydrogen-bond acceptors (Lipinski definition) is 5. The number of nitrogens with two attached hydrogens (primary N) is 1. The molecule has 1 aromatic carbocycles. The third-order valence-electron chi connectivity index (χ3n) is 2.40. The molecule has 0 unspecified atom stereocenters. The first kappa shape index (κ1) is 15.2. The summed E-state index contributed by atoms with van der Waals surface area (Å²) in [4.78, 5) is 7.71. The highest BCUT2D eigenvalue weighted by molar-refractivity contribution is 6.31. The molecule has 2 rings (SSSR count). The number of hydrogen-bond donors (Lipinski definition) is 2. The molecular formula is C12H10ClF3N4O. The first-order valence-corrected chi connectivity index (χ1v) is 6.08. The zero-order valence-electron chi connectivity index (χ0n) is 10.5. The fraction of sp³-hybridized carbons (Fsp3) is 0.167. The van der Waals surface area contributed by atoms with Crippen LogP contribution in [0.25, 0.3) is 0 Å². The van der Waals surface area contributed by atoms with E-state index in [-0.39, 0.29) is 29.1 Å². The molecule has 0 atom stereocenters. The van der Waals surface area contributed by atoms with Gasteiger partial charge in [0.15, 0.2) is 5.15 Å². The van der Waals surface area contributed by atoms with Crippen LogP contribution in [0, 0.1) is 0 Å². The van der Waals surface area contributed by atoms with Crippen molar-refractivity contribution in [2.75, 3.05) is 11.1 Å². The minimum atomic E-state index is -4.75. The van der Waals surface area contributed by atoms with E-state index in [1.807, 2.05) is 0 Å².